The molecule has 0 spiro atoms. The molecule has 2 aromatic rings. The maximum absolute atomic E-state index is 4.62. The molecule has 0 aliphatic heterocycles. The van der Waals surface area contributed by atoms with Gasteiger partial charge in [-0.1, -0.05) is 44.4 Å². The fourth-order valence-corrected chi connectivity index (χ4v) is 1.79. The lowest BCUT2D eigenvalue weighted by Gasteiger charge is -2.04. The summed E-state index contributed by atoms with van der Waals surface area (Å²) < 4.78 is 5.73. The molecule has 0 bridgehead atoms. The van der Waals surface area contributed by atoms with Crippen LogP contribution in [0.1, 0.15) is 17.0 Å². The lowest BCUT2D eigenvalue weighted by atomic mass is 10.2. The fourth-order valence-electron chi connectivity index (χ4n) is 1.37. The third-order valence-electron chi connectivity index (χ3n) is 2.31. The van der Waals surface area contributed by atoms with E-state index in [2.05, 4.69) is 42.3 Å². The molecule has 0 radical (unpaired) electrons. The maximum atomic E-state index is 4.62. The molecule has 0 atom stereocenters. The van der Waals surface area contributed by atoms with Gasteiger partial charge in [0.05, 0.1) is 0 Å². The number of halogens is 1. The molecule has 0 aliphatic carbocycles. The molecular weight excluding hydrogens is 270 g/mol. The van der Waals surface area contributed by atoms with Gasteiger partial charge in [0.15, 0.2) is 0 Å². The molecule has 0 fully saturated rings. The Labute approximate surface area is 102 Å². The van der Waals surface area contributed by atoms with Gasteiger partial charge in [-0.2, -0.15) is 0 Å². The van der Waals surface area contributed by atoms with Gasteiger partial charge in [0, 0.05) is 17.6 Å². The van der Waals surface area contributed by atoms with E-state index in [-0.39, 0.29) is 0 Å². The first-order valence-corrected chi connectivity index (χ1v) is 5.79. The third-order valence-corrected chi connectivity index (χ3v) is 3.09. The minimum Gasteiger partial charge on any atom is -0.307 e. The zero-order valence-corrected chi connectivity index (χ0v) is 10.5. The molecule has 1 N–H and O–H groups in total. The van der Waals surface area contributed by atoms with Gasteiger partial charge in [-0.3, -0.25) is 0 Å². The largest absolute Gasteiger partial charge is 0.307 e. The molecule has 16 heavy (non-hydrogen) atoms. The first-order valence-electron chi connectivity index (χ1n) is 4.99. The van der Waals surface area contributed by atoms with E-state index in [9.17, 15) is 0 Å². The zero-order valence-electron chi connectivity index (χ0n) is 8.90. The lowest BCUT2D eigenvalue weighted by molar-refractivity contribution is 0.300. The van der Waals surface area contributed by atoms with Crippen LogP contribution in [0.3, 0.4) is 0 Å². The highest BCUT2D eigenvalue weighted by Crippen LogP contribution is 2.15. The summed E-state index contributed by atoms with van der Waals surface area (Å²) in [6.07, 6.45) is 0. The van der Waals surface area contributed by atoms with E-state index in [0.717, 1.165) is 22.4 Å². The summed E-state index contributed by atoms with van der Waals surface area (Å²) in [6.45, 7) is 3.33. The van der Waals surface area contributed by atoms with E-state index in [4.69, 9.17) is 0 Å². The van der Waals surface area contributed by atoms with Crippen LogP contribution in [0.5, 0.6) is 0 Å². The summed E-state index contributed by atoms with van der Waals surface area (Å²) >= 11 is 3.50. The van der Waals surface area contributed by atoms with Crippen molar-refractivity contribution in [2.75, 3.05) is 0 Å². The van der Waals surface area contributed by atoms with Crippen molar-refractivity contribution >= 4 is 15.9 Å². The Kier molecular flexibility index (Phi) is 3.69. The average Bonchev–Trinajstić information content (AvgIpc) is 2.67. The number of nitrogens with one attached hydrogen (secondary N) is 1. The van der Waals surface area contributed by atoms with E-state index in [1.54, 1.807) is 0 Å². The van der Waals surface area contributed by atoms with Crippen LogP contribution >= 0.6 is 15.9 Å². The van der Waals surface area contributed by atoms with Crippen LogP contribution < -0.4 is 5.32 Å². The van der Waals surface area contributed by atoms with Gasteiger partial charge in [0.2, 0.25) is 0 Å². The Morgan fingerprint density at radius 1 is 1.25 bits per heavy atom. The third kappa shape index (κ3) is 2.68. The summed E-state index contributed by atoms with van der Waals surface area (Å²) in [5.41, 5.74) is 2.91. The van der Waals surface area contributed by atoms with Crippen LogP contribution in [0.15, 0.2) is 33.4 Å². The molecule has 1 aromatic heterocycles. The van der Waals surface area contributed by atoms with E-state index < -0.39 is 0 Å². The molecule has 0 saturated heterocycles. The van der Waals surface area contributed by atoms with Crippen LogP contribution in [-0.4, -0.2) is 10.3 Å². The maximum Gasteiger partial charge on any atom is 0.121 e. The van der Waals surface area contributed by atoms with Gasteiger partial charge in [-0.15, -0.1) is 0 Å². The molecule has 84 valence electrons. The molecule has 1 aromatic carbocycles. The van der Waals surface area contributed by atoms with Crippen LogP contribution in [0.25, 0.3) is 0 Å². The Morgan fingerprint density at radius 2 is 2.06 bits per heavy atom. The van der Waals surface area contributed by atoms with Crippen LogP contribution in [0.2, 0.25) is 0 Å². The first-order chi connectivity index (χ1) is 7.77. The van der Waals surface area contributed by atoms with Crippen LogP contribution in [0.4, 0.5) is 0 Å². The van der Waals surface area contributed by atoms with Crippen molar-refractivity contribution in [3.8, 4) is 0 Å². The van der Waals surface area contributed by atoms with Gasteiger partial charge in [-0.25, -0.2) is 4.63 Å². The quantitative estimate of drug-likeness (QED) is 0.935. The molecule has 0 aliphatic rings. The van der Waals surface area contributed by atoms with Crippen molar-refractivity contribution < 1.29 is 4.63 Å². The molecule has 2 rings (SSSR count). The van der Waals surface area contributed by atoms with Gasteiger partial charge in [0.25, 0.3) is 0 Å². The lowest BCUT2D eigenvalue weighted by Crippen LogP contribution is -2.13. The minimum absolute atomic E-state index is 0.663. The van der Waals surface area contributed by atoms with Crippen LogP contribution in [0, 0.1) is 6.92 Å². The molecule has 5 heteroatoms. The summed E-state index contributed by atoms with van der Waals surface area (Å²) in [6, 6.07) is 8.12. The fraction of sp³-hybridized carbons (Fsp3) is 0.273. The minimum atomic E-state index is 0.663. The second-order valence-corrected chi connectivity index (χ2v) is 4.35. The summed E-state index contributed by atoms with van der Waals surface area (Å²) in [7, 11) is 0. The molecule has 4 nitrogen and oxygen atoms in total. The van der Waals surface area contributed by atoms with Gasteiger partial charge < -0.3 is 5.32 Å². The van der Waals surface area contributed by atoms with Gasteiger partial charge >= 0.3 is 0 Å². The number of nitrogens with zero attached hydrogens (tertiary/aromatic N) is 2. The number of aryl methyl sites for hydroxylation is 1. The SMILES string of the molecule is Cc1nonc1CNCc1ccccc1Br. The van der Waals surface area contributed by atoms with Crippen molar-refractivity contribution in [1.82, 2.24) is 15.6 Å². The highest BCUT2D eigenvalue weighted by atomic mass is 79.9. The monoisotopic (exact) mass is 281 g/mol. The van der Waals surface area contributed by atoms with Crippen LogP contribution in [-0.2, 0) is 13.1 Å². The summed E-state index contributed by atoms with van der Waals surface area (Å²) in [4.78, 5) is 0. The van der Waals surface area contributed by atoms with Crippen molar-refractivity contribution in [3.05, 3.63) is 45.7 Å². The van der Waals surface area contributed by atoms with Crippen molar-refractivity contribution in [2.45, 2.75) is 20.0 Å². The van der Waals surface area contributed by atoms with Crippen molar-refractivity contribution in [3.63, 3.8) is 0 Å². The Hall–Kier alpha value is -1.20. The predicted molar refractivity (Wildman–Crippen MR) is 63.7 cm³/mol. The molecule has 0 saturated carbocycles. The number of rotatable bonds is 4. The van der Waals surface area contributed by atoms with E-state index in [1.807, 2.05) is 25.1 Å². The van der Waals surface area contributed by atoms with Crippen molar-refractivity contribution in [1.29, 1.82) is 0 Å². The molecule has 1 heterocycles. The molecular formula is C11H12BrN3O. The second-order valence-electron chi connectivity index (χ2n) is 3.49. The second kappa shape index (κ2) is 5.23. The number of hydrogen-bond acceptors (Lipinski definition) is 4. The highest BCUT2D eigenvalue weighted by molar-refractivity contribution is 9.10. The van der Waals surface area contributed by atoms with E-state index in [0.29, 0.717) is 6.54 Å². The smallest absolute Gasteiger partial charge is 0.121 e. The zero-order chi connectivity index (χ0) is 11.4. The first kappa shape index (κ1) is 11.3. The number of aromatic nitrogens is 2. The Morgan fingerprint density at radius 3 is 2.75 bits per heavy atom. The van der Waals surface area contributed by atoms with E-state index >= 15 is 0 Å². The topological polar surface area (TPSA) is 51.0 Å². The standard InChI is InChI=1S/C11H12BrN3O/c1-8-11(15-16-14-8)7-13-6-9-4-2-3-5-10(9)12/h2-5,13H,6-7H2,1H3. The summed E-state index contributed by atoms with van der Waals surface area (Å²) in [5, 5.41) is 10.8. The Bertz CT molecular complexity index is 470. The highest BCUT2D eigenvalue weighted by Gasteiger charge is 2.04. The average molecular weight is 282 g/mol. The van der Waals surface area contributed by atoms with Gasteiger partial charge in [0.1, 0.15) is 11.4 Å². The van der Waals surface area contributed by atoms with E-state index in [1.165, 1.54) is 5.56 Å². The Balaban J connectivity index is 1.89. The normalized spacial score (nSPS) is 10.6. The number of benzene rings is 1. The molecule has 0 amide bonds. The number of hydrogen-bond donors (Lipinski definition) is 1. The van der Waals surface area contributed by atoms with Gasteiger partial charge in [-0.05, 0) is 18.6 Å². The molecule has 0 unspecified atom stereocenters. The predicted octanol–water partition coefficient (Wildman–Crippen LogP) is 2.43. The summed E-state index contributed by atoms with van der Waals surface area (Å²) in [5.74, 6) is 0. The van der Waals surface area contributed by atoms with Crippen molar-refractivity contribution in [2.24, 2.45) is 0 Å².